The number of anilines is 2. The first-order valence-electron chi connectivity index (χ1n) is 11.1. The highest BCUT2D eigenvalue weighted by Gasteiger charge is 2.55. The molecule has 1 fully saturated rings. The van der Waals surface area contributed by atoms with E-state index in [-0.39, 0.29) is 36.7 Å². The van der Waals surface area contributed by atoms with E-state index in [1.807, 2.05) is 13.8 Å². The van der Waals surface area contributed by atoms with E-state index in [0.29, 0.717) is 5.56 Å². The van der Waals surface area contributed by atoms with Crippen LogP contribution in [0.2, 0.25) is 0 Å². The van der Waals surface area contributed by atoms with Crippen LogP contribution in [0.4, 0.5) is 24.5 Å². The molecule has 0 saturated carbocycles. The predicted molar refractivity (Wildman–Crippen MR) is 123 cm³/mol. The molecule has 2 aromatic rings. The highest BCUT2D eigenvalue weighted by atomic mass is 19.2. The topological polar surface area (TPSA) is 95.7 Å². The molecule has 0 radical (unpaired) electrons. The van der Waals surface area contributed by atoms with Gasteiger partial charge in [0.05, 0.1) is 30.0 Å². The molecule has 1 saturated heterocycles. The van der Waals surface area contributed by atoms with Crippen LogP contribution in [-0.4, -0.2) is 45.6 Å². The largest absolute Gasteiger partial charge is 0.379 e. The van der Waals surface area contributed by atoms with Gasteiger partial charge < -0.3 is 15.3 Å². The third kappa shape index (κ3) is 5.67. The SMILES string of the molecule is CC.Cc1ccc(Nc2c(C(=O)N3CC(O)(C(CC(C)C)[N+](=O)[O-])C3)ccc(F)c2F)c(F)c1. The van der Waals surface area contributed by atoms with Crippen LogP contribution < -0.4 is 5.32 Å². The van der Waals surface area contributed by atoms with Crippen molar-refractivity contribution >= 4 is 17.3 Å². The summed E-state index contributed by atoms with van der Waals surface area (Å²) in [6, 6.07) is 4.64. The Morgan fingerprint density at radius 3 is 2.32 bits per heavy atom. The molecular weight excluding hydrogens is 451 g/mol. The Morgan fingerprint density at radius 1 is 1.18 bits per heavy atom. The lowest BCUT2D eigenvalue weighted by atomic mass is 9.81. The number of nitro groups is 1. The lowest BCUT2D eigenvalue weighted by Crippen LogP contribution is -2.70. The van der Waals surface area contributed by atoms with Crippen molar-refractivity contribution in [2.24, 2.45) is 5.92 Å². The number of nitrogens with zero attached hydrogens (tertiary/aromatic N) is 2. The second-order valence-electron chi connectivity index (χ2n) is 8.59. The monoisotopic (exact) mass is 481 g/mol. The van der Waals surface area contributed by atoms with Crippen molar-refractivity contribution < 1.29 is 28.0 Å². The molecule has 1 aliphatic heterocycles. The molecular formula is C24H30F3N3O4. The summed E-state index contributed by atoms with van der Waals surface area (Å²) in [4.78, 5) is 24.9. The number of benzene rings is 2. The van der Waals surface area contributed by atoms with Gasteiger partial charge >= 0.3 is 0 Å². The van der Waals surface area contributed by atoms with Crippen molar-refractivity contribution in [2.75, 3.05) is 18.4 Å². The summed E-state index contributed by atoms with van der Waals surface area (Å²) >= 11 is 0. The molecule has 10 heteroatoms. The Bertz CT molecular complexity index is 1060. The van der Waals surface area contributed by atoms with Crippen LogP contribution in [0.1, 0.15) is 50.0 Å². The average Bonchev–Trinajstić information content (AvgIpc) is 2.75. The second-order valence-corrected chi connectivity index (χ2v) is 8.59. The molecule has 0 spiro atoms. The van der Waals surface area contributed by atoms with Crippen molar-refractivity contribution in [1.82, 2.24) is 4.90 Å². The van der Waals surface area contributed by atoms with Gasteiger partial charge in [-0.25, -0.2) is 13.2 Å². The van der Waals surface area contributed by atoms with Gasteiger partial charge in [0.25, 0.3) is 5.91 Å². The number of amides is 1. The molecule has 34 heavy (non-hydrogen) atoms. The third-order valence-electron chi connectivity index (χ3n) is 5.50. The van der Waals surface area contributed by atoms with Crippen LogP contribution in [0.3, 0.4) is 0 Å². The van der Waals surface area contributed by atoms with E-state index in [1.165, 1.54) is 12.1 Å². The highest BCUT2D eigenvalue weighted by molar-refractivity contribution is 6.01. The Labute approximate surface area is 196 Å². The molecule has 0 aliphatic carbocycles. The number of β-amino-alcohol motifs (C(OH)–C–C–N with tert-alkyl or cyclic N) is 1. The van der Waals surface area contributed by atoms with E-state index < -0.39 is 45.6 Å². The first-order chi connectivity index (χ1) is 15.9. The quantitative estimate of drug-likeness (QED) is 0.426. The molecule has 1 aliphatic rings. The molecule has 2 N–H and O–H groups in total. The van der Waals surface area contributed by atoms with Crippen molar-refractivity contribution in [3.63, 3.8) is 0 Å². The fourth-order valence-corrected chi connectivity index (χ4v) is 3.79. The number of hydrogen-bond acceptors (Lipinski definition) is 5. The van der Waals surface area contributed by atoms with Gasteiger partial charge in [0.15, 0.2) is 17.2 Å². The zero-order valence-electron chi connectivity index (χ0n) is 19.9. The summed E-state index contributed by atoms with van der Waals surface area (Å²) in [5.41, 5.74) is -2.10. The van der Waals surface area contributed by atoms with Gasteiger partial charge in [-0.05, 0) is 42.7 Å². The predicted octanol–water partition coefficient (Wildman–Crippen LogP) is 5.06. The van der Waals surface area contributed by atoms with E-state index >= 15 is 0 Å². The number of likely N-dealkylation sites (tertiary alicyclic amines) is 1. The van der Waals surface area contributed by atoms with Crippen LogP contribution in [0.5, 0.6) is 0 Å². The number of carbonyl (C=O) groups excluding carboxylic acids is 1. The standard InChI is InChI=1S/C22H24F3N3O4.C2H6/c1-12(2)8-18(28(31)32)22(30)10-27(11-22)21(29)14-5-6-15(23)19(25)20(14)26-17-7-4-13(3)9-16(17)24;1-2/h4-7,9,12,18,26,30H,8,10-11H2,1-3H3;1-2H3. The first kappa shape index (κ1) is 27.1. The van der Waals surface area contributed by atoms with Crippen molar-refractivity contribution in [3.05, 3.63) is 69.0 Å². The van der Waals surface area contributed by atoms with Crippen LogP contribution in [-0.2, 0) is 0 Å². The van der Waals surface area contributed by atoms with Gasteiger partial charge in [-0.15, -0.1) is 0 Å². The van der Waals surface area contributed by atoms with Gasteiger partial charge in [0.2, 0.25) is 6.04 Å². The van der Waals surface area contributed by atoms with Crippen LogP contribution >= 0.6 is 0 Å². The van der Waals surface area contributed by atoms with E-state index in [0.717, 1.165) is 17.0 Å². The Balaban J connectivity index is 0.00000199. The fraction of sp³-hybridized carbons (Fsp3) is 0.458. The summed E-state index contributed by atoms with van der Waals surface area (Å²) in [5.74, 6) is -4.13. The maximum absolute atomic E-state index is 14.6. The van der Waals surface area contributed by atoms with Crippen molar-refractivity contribution in [3.8, 4) is 0 Å². The molecule has 1 atom stereocenters. The average molecular weight is 482 g/mol. The Kier molecular flexibility index (Phi) is 8.66. The first-order valence-corrected chi connectivity index (χ1v) is 11.1. The number of carbonyl (C=O) groups is 1. The maximum Gasteiger partial charge on any atom is 0.256 e. The molecule has 2 aromatic carbocycles. The van der Waals surface area contributed by atoms with Gasteiger partial charge in [-0.1, -0.05) is 33.8 Å². The summed E-state index contributed by atoms with van der Waals surface area (Å²) in [6.45, 7) is 8.56. The van der Waals surface area contributed by atoms with Crippen LogP contribution in [0.25, 0.3) is 0 Å². The molecule has 1 amide bonds. The second kappa shape index (κ2) is 10.9. The summed E-state index contributed by atoms with van der Waals surface area (Å²) in [6.07, 6.45) is 0.121. The molecule has 7 nitrogen and oxygen atoms in total. The summed E-state index contributed by atoms with van der Waals surface area (Å²) in [7, 11) is 0. The number of hydrogen-bond donors (Lipinski definition) is 2. The number of aryl methyl sites for hydroxylation is 1. The van der Waals surface area contributed by atoms with Gasteiger partial charge in [-0.2, -0.15) is 0 Å². The van der Waals surface area contributed by atoms with E-state index in [9.17, 15) is 33.2 Å². The molecule has 186 valence electrons. The molecule has 1 unspecified atom stereocenters. The number of rotatable bonds is 7. The normalized spacial score (nSPS) is 15.2. The summed E-state index contributed by atoms with van der Waals surface area (Å²) < 4.78 is 42.7. The Hall–Kier alpha value is -3.14. The van der Waals surface area contributed by atoms with E-state index in [2.05, 4.69) is 5.32 Å². The van der Waals surface area contributed by atoms with Gasteiger partial charge in [0, 0.05) is 11.3 Å². The molecule has 0 bridgehead atoms. The van der Waals surface area contributed by atoms with Gasteiger partial charge in [-0.3, -0.25) is 14.9 Å². The van der Waals surface area contributed by atoms with E-state index in [1.54, 1.807) is 26.8 Å². The maximum atomic E-state index is 14.6. The number of halogens is 3. The molecule has 3 rings (SSSR count). The highest BCUT2D eigenvalue weighted by Crippen LogP contribution is 2.34. The summed E-state index contributed by atoms with van der Waals surface area (Å²) in [5, 5.41) is 24.5. The third-order valence-corrected chi connectivity index (χ3v) is 5.50. The zero-order valence-corrected chi connectivity index (χ0v) is 19.9. The van der Waals surface area contributed by atoms with Gasteiger partial charge in [0.1, 0.15) is 5.82 Å². The molecule has 0 aromatic heterocycles. The van der Waals surface area contributed by atoms with Crippen LogP contribution in [0, 0.1) is 40.4 Å². The smallest absolute Gasteiger partial charge is 0.256 e. The zero-order chi connectivity index (χ0) is 25.8. The number of nitrogens with one attached hydrogen (secondary N) is 1. The fourth-order valence-electron chi connectivity index (χ4n) is 3.79. The van der Waals surface area contributed by atoms with Crippen LogP contribution in [0.15, 0.2) is 30.3 Å². The van der Waals surface area contributed by atoms with E-state index in [4.69, 9.17) is 0 Å². The minimum Gasteiger partial charge on any atom is -0.379 e. The van der Waals surface area contributed by atoms with Crippen molar-refractivity contribution in [2.45, 2.75) is 52.7 Å². The minimum absolute atomic E-state index is 0.0504. The van der Waals surface area contributed by atoms with Crippen molar-refractivity contribution in [1.29, 1.82) is 0 Å². The molecule has 1 heterocycles. The lowest BCUT2D eigenvalue weighted by molar-refractivity contribution is -0.552. The Morgan fingerprint density at radius 2 is 1.79 bits per heavy atom. The minimum atomic E-state index is -1.72. The number of aliphatic hydroxyl groups is 1. The lowest BCUT2D eigenvalue weighted by Gasteiger charge is -2.47.